The van der Waals surface area contributed by atoms with E-state index in [2.05, 4.69) is 5.32 Å². The first kappa shape index (κ1) is 12.0. The van der Waals surface area contributed by atoms with E-state index in [1.54, 1.807) is 30.3 Å². The highest BCUT2D eigenvalue weighted by molar-refractivity contribution is 6.02. The Morgan fingerprint density at radius 1 is 1.39 bits per heavy atom. The Morgan fingerprint density at radius 3 is 2.94 bits per heavy atom. The van der Waals surface area contributed by atoms with Crippen molar-refractivity contribution in [2.45, 2.75) is 6.92 Å². The molecule has 0 amide bonds. The van der Waals surface area contributed by atoms with Crippen LogP contribution < -0.4 is 5.32 Å². The smallest absolute Gasteiger partial charge is 0.222 e. The summed E-state index contributed by atoms with van der Waals surface area (Å²) in [5, 5.41) is 12.4. The highest BCUT2D eigenvalue weighted by atomic mass is 16.3. The molecule has 0 radical (unpaired) electrons. The molecule has 92 valence electrons. The predicted molar refractivity (Wildman–Crippen MR) is 68.6 cm³/mol. The zero-order valence-corrected chi connectivity index (χ0v) is 9.88. The van der Waals surface area contributed by atoms with Gasteiger partial charge in [-0.2, -0.15) is 0 Å². The third-order valence-corrected chi connectivity index (χ3v) is 2.39. The molecule has 0 atom stereocenters. The number of benzene rings is 1. The first-order chi connectivity index (χ1) is 8.66. The van der Waals surface area contributed by atoms with Gasteiger partial charge in [-0.05, 0) is 36.8 Å². The van der Waals surface area contributed by atoms with Crippen LogP contribution in [0, 0.1) is 6.92 Å². The molecule has 2 rings (SSSR count). The van der Waals surface area contributed by atoms with Gasteiger partial charge in [0.1, 0.15) is 5.75 Å². The highest BCUT2D eigenvalue weighted by Gasteiger charge is 2.03. The minimum Gasteiger partial charge on any atom is -0.506 e. The molecule has 0 aliphatic carbocycles. The molecule has 0 saturated carbocycles. The van der Waals surface area contributed by atoms with Crippen molar-refractivity contribution in [3.05, 3.63) is 60.2 Å². The zero-order valence-electron chi connectivity index (χ0n) is 9.88. The van der Waals surface area contributed by atoms with Crippen molar-refractivity contribution in [3.63, 3.8) is 0 Å². The Morgan fingerprint density at radius 2 is 2.22 bits per heavy atom. The van der Waals surface area contributed by atoms with Gasteiger partial charge in [-0.3, -0.25) is 4.79 Å². The van der Waals surface area contributed by atoms with Gasteiger partial charge < -0.3 is 14.8 Å². The van der Waals surface area contributed by atoms with Crippen LogP contribution in [0.5, 0.6) is 5.75 Å². The Hall–Kier alpha value is -2.49. The number of phenols is 1. The second-order valence-electron chi connectivity index (χ2n) is 3.84. The molecule has 0 aliphatic heterocycles. The minimum absolute atomic E-state index is 0.135. The van der Waals surface area contributed by atoms with Crippen LogP contribution in [0.4, 0.5) is 5.69 Å². The molecule has 0 aliphatic rings. The van der Waals surface area contributed by atoms with Crippen molar-refractivity contribution >= 4 is 11.5 Å². The summed E-state index contributed by atoms with van der Waals surface area (Å²) in [5.74, 6) is 0.178. The molecule has 4 heteroatoms. The third-order valence-electron chi connectivity index (χ3n) is 2.39. The van der Waals surface area contributed by atoms with E-state index in [0.717, 1.165) is 5.56 Å². The van der Waals surface area contributed by atoms with Crippen LogP contribution in [-0.2, 0) is 0 Å². The maximum absolute atomic E-state index is 11.6. The molecule has 4 nitrogen and oxygen atoms in total. The lowest BCUT2D eigenvalue weighted by molar-refractivity contribution is 0.102. The lowest BCUT2D eigenvalue weighted by atomic mass is 10.2. The van der Waals surface area contributed by atoms with E-state index in [-0.39, 0.29) is 17.3 Å². The second kappa shape index (κ2) is 5.23. The fourth-order valence-corrected chi connectivity index (χ4v) is 1.47. The van der Waals surface area contributed by atoms with Crippen molar-refractivity contribution in [3.8, 4) is 5.75 Å². The topological polar surface area (TPSA) is 62.5 Å². The summed E-state index contributed by atoms with van der Waals surface area (Å²) >= 11 is 0. The fraction of sp³-hybridized carbons (Fsp3) is 0.0714. The van der Waals surface area contributed by atoms with Crippen molar-refractivity contribution in [1.82, 2.24) is 0 Å². The van der Waals surface area contributed by atoms with Crippen LogP contribution in [-0.4, -0.2) is 10.9 Å². The summed E-state index contributed by atoms with van der Waals surface area (Å²) < 4.78 is 4.96. The number of rotatable bonds is 4. The monoisotopic (exact) mass is 243 g/mol. The molecule has 1 heterocycles. The van der Waals surface area contributed by atoms with E-state index >= 15 is 0 Å². The van der Waals surface area contributed by atoms with Crippen LogP contribution in [0.3, 0.4) is 0 Å². The maximum atomic E-state index is 11.6. The molecule has 0 fully saturated rings. The number of carbonyl (C=O) groups is 1. The number of phenolic OH excluding ortho intramolecular Hbond substituents is 1. The van der Waals surface area contributed by atoms with Gasteiger partial charge in [-0.25, -0.2) is 0 Å². The van der Waals surface area contributed by atoms with Crippen LogP contribution in [0.25, 0.3) is 0 Å². The molecule has 0 unspecified atom stereocenters. The van der Waals surface area contributed by atoms with Gasteiger partial charge in [-0.15, -0.1) is 0 Å². The number of nitrogens with one attached hydrogen (secondary N) is 1. The number of hydrogen-bond acceptors (Lipinski definition) is 4. The first-order valence-corrected chi connectivity index (χ1v) is 5.47. The summed E-state index contributed by atoms with van der Waals surface area (Å²) in [5.41, 5.74) is 1.57. The van der Waals surface area contributed by atoms with E-state index in [9.17, 15) is 9.90 Å². The molecule has 1 aromatic carbocycles. The van der Waals surface area contributed by atoms with Gasteiger partial charge in [0, 0.05) is 12.3 Å². The second-order valence-corrected chi connectivity index (χ2v) is 3.84. The Balaban J connectivity index is 2.03. The molecule has 0 bridgehead atoms. The molecule has 0 spiro atoms. The lowest BCUT2D eigenvalue weighted by Crippen LogP contribution is -1.94. The van der Waals surface area contributed by atoms with E-state index < -0.39 is 0 Å². The summed E-state index contributed by atoms with van der Waals surface area (Å²) in [6, 6.07) is 8.44. The molecule has 2 aromatic rings. The average Bonchev–Trinajstić information content (AvgIpc) is 2.87. The third kappa shape index (κ3) is 2.79. The number of hydrogen-bond donors (Lipinski definition) is 2. The summed E-state index contributed by atoms with van der Waals surface area (Å²) in [4.78, 5) is 11.6. The molecular weight excluding hydrogens is 230 g/mol. The molecule has 1 aromatic heterocycles. The van der Waals surface area contributed by atoms with Crippen LogP contribution in [0.2, 0.25) is 0 Å². The SMILES string of the molecule is Cc1ccc(O)c(NC=CC(=O)c2ccco2)c1. The van der Waals surface area contributed by atoms with Gasteiger partial charge in [0.15, 0.2) is 5.76 Å². The zero-order chi connectivity index (χ0) is 13.0. The van der Waals surface area contributed by atoms with Gasteiger partial charge in [0.25, 0.3) is 0 Å². The Kier molecular flexibility index (Phi) is 3.48. The number of carbonyl (C=O) groups excluding carboxylic acids is 1. The Labute approximate surface area is 105 Å². The molecular formula is C14H13NO3. The average molecular weight is 243 g/mol. The number of allylic oxidation sites excluding steroid dienone is 1. The van der Waals surface area contributed by atoms with E-state index in [4.69, 9.17) is 4.42 Å². The van der Waals surface area contributed by atoms with Gasteiger partial charge in [0.2, 0.25) is 5.78 Å². The van der Waals surface area contributed by atoms with Crippen molar-refractivity contribution in [2.75, 3.05) is 5.32 Å². The summed E-state index contributed by atoms with van der Waals surface area (Å²) in [6.45, 7) is 1.92. The van der Waals surface area contributed by atoms with Crippen LogP contribution >= 0.6 is 0 Å². The quantitative estimate of drug-likeness (QED) is 0.492. The standard InChI is InChI=1S/C14H13NO3/c1-10-4-5-12(16)11(9-10)15-7-6-13(17)14-3-2-8-18-14/h2-9,15-16H,1H3. The lowest BCUT2D eigenvalue weighted by Gasteiger charge is -2.04. The van der Waals surface area contributed by atoms with Gasteiger partial charge >= 0.3 is 0 Å². The molecule has 18 heavy (non-hydrogen) atoms. The first-order valence-electron chi connectivity index (χ1n) is 5.47. The normalized spacial score (nSPS) is 10.7. The number of ketones is 1. The largest absolute Gasteiger partial charge is 0.506 e. The van der Waals surface area contributed by atoms with E-state index in [0.29, 0.717) is 5.69 Å². The number of aromatic hydroxyl groups is 1. The van der Waals surface area contributed by atoms with Crippen LogP contribution in [0.15, 0.2) is 53.3 Å². The highest BCUT2D eigenvalue weighted by Crippen LogP contribution is 2.23. The van der Waals surface area contributed by atoms with Crippen molar-refractivity contribution in [1.29, 1.82) is 0 Å². The maximum Gasteiger partial charge on any atom is 0.222 e. The summed E-state index contributed by atoms with van der Waals surface area (Å²) in [7, 11) is 0. The minimum atomic E-state index is -0.236. The Bertz CT molecular complexity index is 571. The van der Waals surface area contributed by atoms with E-state index in [1.807, 2.05) is 6.92 Å². The van der Waals surface area contributed by atoms with Crippen molar-refractivity contribution in [2.24, 2.45) is 0 Å². The fourth-order valence-electron chi connectivity index (χ4n) is 1.47. The van der Waals surface area contributed by atoms with Gasteiger partial charge in [0.05, 0.1) is 12.0 Å². The molecule has 0 saturated heterocycles. The van der Waals surface area contributed by atoms with Gasteiger partial charge in [-0.1, -0.05) is 6.07 Å². The number of furan rings is 1. The number of anilines is 1. The molecule has 2 N–H and O–H groups in total. The van der Waals surface area contributed by atoms with Crippen molar-refractivity contribution < 1.29 is 14.3 Å². The summed E-state index contributed by atoms with van der Waals surface area (Å²) in [6.07, 6.45) is 4.26. The van der Waals surface area contributed by atoms with Crippen LogP contribution in [0.1, 0.15) is 16.1 Å². The van der Waals surface area contributed by atoms with E-state index in [1.165, 1.54) is 18.5 Å². The number of aryl methyl sites for hydroxylation is 1. The predicted octanol–water partition coefficient (Wildman–Crippen LogP) is 3.10.